The van der Waals surface area contributed by atoms with Crippen LogP contribution in [0.4, 0.5) is 0 Å². The average Bonchev–Trinajstić information content (AvgIpc) is 2.46. The molecule has 1 unspecified atom stereocenters. The van der Waals surface area contributed by atoms with E-state index in [0.717, 1.165) is 17.9 Å². The van der Waals surface area contributed by atoms with Gasteiger partial charge in [-0.3, -0.25) is 0 Å². The van der Waals surface area contributed by atoms with Gasteiger partial charge in [-0.05, 0) is 25.5 Å². The molecule has 0 amide bonds. The van der Waals surface area contributed by atoms with Crippen LogP contribution in [0, 0.1) is 0 Å². The molecule has 1 aliphatic rings. The molecule has 2 nitrogen and oxygen atoms in total. The molecular formula is C17H19NO. The number of hydrogen-bond acceptors (Lipinski definition) is 2. The first kappa shape index (κ1) is 12.2. The molecule has 98 valence electrons. The smallest absolute Gasteiger partial charge is 0.132 e. The van der Waals surface area contributed by atoms with Gasteiger partial charge < -0.3 is 10.1 Å². The van der Waals surface area contributed by atoms with E-state index in [1.54, 1.807) is 0 Å². The third-order valence-electron chi connectivity index (χ3n) is 3.74. The molecule has 0 fully saturated rings. The fourth-order valence-corrected chi connectivity index (χ4v) is 2.49. The second-order valence-electron chi connectivity index (χ2n) is 5.09. The number of para-hydroxylation sites is 2. The standard InChI is InChI=1S/C17H19NO/c1-3-12(2)18-17-13-8-4-6-10-15(13)19-16-11-7-5-9-14(16)17/h4-12,17-18H,3H2,1-2H3. The predicted molar refractivity (Wildman–Crippen MR) is 77.7 cm³/mol. The van der Waals surface area contributed by atoms with Crippen molar-refractivity contribution in [3.05, 3.63) is 59.7 Å². The lowest BCUT2D eigenvalue weighted by Crippen LogP contribution is -2.32. The van der Waals surface area contributed by atoms with Gasteiger partial charge in [0.25, 0.3) is 0 Å². The van der Waals surface area contributed by atoms with Gasteiger partial charge in [-0.2, -0.15) is 0 Å². The van der Waals surface area contributed by atoms with Crippen LogP contribution in [0.15, 0.2) is 48.5 Å². The van der Waals surface area contributed by atoms with Gasteiger partial charge in [0, 0.05) is 17.2 Å². The lowest BCUT2D eigenvalue weighted by molar-refractivity contribution is 0.407. The number of ether oxygens (including phenoxy) is 1. The van der Waals surface area contributed by atoms with Crippen LogP contribution < -0.4 is 10.1 Å². The summed E-state index contributed by atoms with van der Waals surface area (Å²) >= 11 is 0. The van der Waals surface area contributed by atoms with Crippen LogP contribution in [-0.4, -0.2) is 6.04 Å². The number of rotatable bonds is 3. The second kappa shape index (κ2) is 5.06. The molecular weight excluding hydrogens is 234 g/mol. The second-order valence-corrected chi connectivity index (χ2v) is 5.09. The molecule has 2 aromatic carbocycles. The van der Waals surface area contributed by atoms with Crippen molar-refractivity contribution in [2.45, 2.75) is 32.4 Å². The molecule has 0 radical (unpaired) electrons. The number of nitrogens with one attached hydrogen (secondary N) is 1. The van der Waals surface area contributed by atoms with Crippen LogP contribution in [0.3, 0.4) is 0 Å². The number of hydrogen-bond donors (Lipinski definition) is 1. The first-order chi connectivity index (χ1) is 9.29. The zero-order valence-corrected chi connectivity index (χ0v) is 11.4. The Morgan fingerprint density at radius 1 is 1.00 bits per heavy atom. The Labute approximate surface area is 114 Å². The molecule has 2 heteroatoms. The fourth-order valence-electron chi connectivity index (χ4n) is 2.49. The van der Waals surface area contributed by atoms with Crippen molar-refractivity contribution in [3.63, 3.8) is 0 Å². The molecule has 0 bridgehead atoms. The van der Waals surface area contributed by atoms with E-state index in [4.69, 9.17) is 4.74 Å². The van der Waals surface area contributed by atoms with E-state index in [1.807, 2.05) is 24.3 Å². The van der Waals surface area contributed by atoms with E-state index in [-0.39, 0.29) is 6.04 Å². The van der Waals surface area contributed by atoms with Crippen LogP contribution in [-0.2, 0) is 0 Å². The van der Waals surface area contributed by atoms with Crippen molar-refractivity contribution in [1.82, 2.24) is 5.32 Å². The van der Waals surface area contributed by atoms with Crippen LogP contribution in [0.1, 0.15) is 37.4 Å². The maximum absolute atomic E-state index is 5.98. The minimum absolute atomic E-state index is 0.219. The lowest BCUT2D eigenvalue weighted by atomic mass is 9.94. The molecule has 0 saturated heterocycles. The topological polar surface area (TPSA) is 21.3 Å². The van der Waals surface area contributed by atoms with E-state index in [2.05, 4.69) is 43.4 Å². The summed E-state index contributed by atoms with van der Waals surface area (Å²) in [6.07, 6.45) is 1.11. The fraction of sp³-hybridized carbons (Fsp3) is 0.294. The number of fused-ring (bicyclic) bond motifs is 2. The van der Waals surface area contributed by atoms with Gasteiger partial charge in [-0.25, -0.2) is 0 Å². The van der Waals surface area contributed by atoms with Gasteiger partial charge in [0.1, 0.15) is 11.5 Å². The van der Waals surface area contributed by atoms with Crippen molar-refractivity contribution in [2.24, 2.45) is 0 Å². The highest BCUT2D eigenvalue weighted by Crippen LogP contribution is 2.42. The third kappa shape index (κ3) is 2.24. The van der Waals surface area contributed by atoms with Crippen molar-refractivity contribution >= 4 is 0 Å². The van der Waals surface area contributed by atoms with E-state index in [0.29, 0.717) is 6.04 Å². The van der Waals surface area contributed by atoms with Gasteiger partial charge >= 0.3 is 0 Å². The van der Waals surface area contributed by atoms with E-state index >= 15 is 0 Å². The minimum Gasteiger partial charge on any atom is -0.457 e. The van der Waals surface area contributed by atoms with Crippen molar-refractivity contribution in [1.29, 1.82) is 0 Å². The van der Waals surface area contributed by atoms with Crippen molar-refractivity contribution in [2.75, 3.05) is 0 Å². The van der Waals surface area contributed by atoms with Gasteiger partial charge in [0.15, 0.2) is 0 Å². The largest absolute Gasteiger partial charge is 0.457 e. The van der Waals surface area contributed by atoms with Crippen molar-refractivity contribution in [3.8, 4) is 11.5 Å². The Hall–Kier alpha value is -1.80. The summed E-state index contributed by atoms with van der Waals surface area (Å²) in [6.45, 7) is 4.43. The molecule has 1 heterocycles. The summed E-state index contributed by atoms with van der Waals surface area (Å²) in [4.78, 5) is 0. The maximum Gasteiger partial charge on any atom is 0.132 e. The van der Waals surface area contributed by atoms with Gasteiger partial charge in [0.05, 0.1) is 6.04 Å². The zero-order chi connectivity index (χ0) is 13.2. The molecule has 0 saturated carbocycles. The van der Waals surface area contributed by atoms with Crippen LogP contribution in [0.25, 0.3) is 0 Å². The summed E-state index contributed by atoms with van der Waals surface area (Å²) in [6, 6.07) is 17.2. The van der Waals surface area contributed by atoms with E-state index in [1.165, 1.54) is 11.1 Å². The first-order valence-electron chi connectivity index (χ1n) is 6.91. The summed E-state index contributed by atoms with van der Waals surface area (Å²) in [7, 11) is 0. The molecule has 19 heavy (non-hydrogen) atoms. The molecule has 0 aromatic heterocycles. The molecule has 1 N–H and O–H groups in total. The minimum atomic E-state index is 0.219. The third-order valence-corrected chi connectivity index (χ3v) is 3.74. The average molecular weight is 253 g/mol. The van der Waals surface area contributed by atoms with Crippen LogP contribution in [0.2, 0.25) is 0 Å². The van der Waals surface area contributed by atoms with E-state index < -0.39 is 0 Å². The monoisotopic (exact) mass is 253 g/mol. The first-order valence-corrected chi connectivity index (χ1v) is 6.91. The molecule has 0 spiro atoms. The highest BCUT2D eigenvalue weighted by molar-refractivity contribution is 5.52. The zero-order valence-electron chi connectivity index (χ0n) is 11.4. The van der Waals surface area contributed by atoms with Gasteiger partial charge in [0.2, 0.25) is 0 Å². The Balaban J connectivity index is 2.06. The maximum atomic E-state index is 5.98. The number of benzene rings is 2. The molecule has 2 aromatic rings. The molecule has 3 rings (SSSR count). The van der Waals surface area contributed by atoms with Crippen molar-refractivity contribution < 1.29 is 4.74 Å². The Kier molecular flexibility index (Phi) is 3.26. The summed E-state index contributed by atoms with van der Waals surface area (Å²) in [5, 5.41) is 3.70. The Morgan fingerprint density at radius 3 is 2.05 bits per heavy atom. The predicted octanol–water partition coefficient (Wildman–Crippen LogP) is 4.27. The summed E-state index contributed by atoms with van der Waals surface area (Å²) in [5.74, 6) is 1.92. The highest BCUT2D eigenvalue weighted by Gasteiger charge is 2.27. The normalized spacial score (nSPS) is 15.3. The highest BCUT2D eigenvalue weighted by atomic mass is 16.5. The quantitative estimate of drug-likeness (QED) is 0.882. The SMILES string of the molecule is CCC(C)NC1c2ccccc2Oc2ccccc21. The molecule has 1 atom stereocenters. The Morgan fingerprint density at radius 2 is 1.53 bits per heavy atom. The summed E-state index contributed by atoms with van der Waals surface area (Å²) < 4.78 is 5.98. The van der Waals surface area contributed by atoms with Gasteiger partial charge in [-0.15, -0.1) is 0 Å². The summed E-state index contributed by atoms with van der Waals surface area (Å²) in [5.41, 5.74) is 2.45. The molecule has 0 aliphatic carbocycles. The Bertz CT molecular complexity index is 533. The van der Waals surface area contributed by atoms with Crippen LogP contribution >= 0.6 is 0 Å². The van der Waals surface area contributed by atoms with Gasteiger partial charge in [-0.1, -0.05) is 43.3 Å². The lowest BCUT2D eigenvalue weighted by Gasteiger charge is -2.30. The van der Waals surface area contributed by atoms with Crippen LogP contribution in [0.5, 0.6) is 11.5 Å². The van der Waals surface area contributed by atoms with E-state index in [9.17, 15) is 0 Å². The molecule has 1 aliphatic heterocycles.